The predicted octanol–water partition coefficient (Wildman–Crippen LogP) is 1.77. The van der Waals surface area contributed by atoms with Gasteiger partial charge in [-0.1, -0.05) is 0 Å². The lowest BCUT2D eigenvalue weighted by atomic mass is 10.0. The van der Waals surface area contributed by atoms with Crippen molar-refractivity contribution in [2.45, 2.75) is 18.9 Å². The van der Waals surface area contributed by atoms with Crippen molar-refractivity contribution in [1.82, 2.24) is 24.0 Å². The number of rotatable bonds is 4. The zero-order valence-electron chi connectivity index (χ0n) is 12.6. The summed E-state index contributed by atoms with van der Waals surface area (Å²) in [5.41, 5.74) is 7.69. The third-order valence-electron chi connectivity index (χ3n) is 3.95. The standard InChI is InChI=1S/C16H14F2N6/c17-11-1-2-13(18)10(7-11)8-12(19)9-14-21-22-16-15-20-3-4-23(15)5-6-24(14)16/h1-7,12H,8-9,19H2/t12-/m1/s1. The monoisotopic (exact) mass is 328 g/mol. The van der Waals surface area contributed by atoms with E-state index in [0.717, 1.165) is 12.1 Å². The second-order valence-electron chi connectivity index (χ2n) is 5.67. The molecule has 1 atom stereocenters. The molecule has 0 amide bonds. The number of nitrogens with zero attached hydrogens (tertiary/aromatic N) is 5. The van der Waals surface area contributed by atoms with Crippen molar-refractivity contribution in [2.75, 3.05) is 0 Å². The first kappa shape index (κ1) is 14.7. The van der Waals surface area contributed by atoms with E-state index in [2.05, 4.69) is 15.2 Å². The highest BCUT2D eigenvalue weighted by Gasteiger charge is 2.15. The van der Waals surface area contributed by atoms with Crippen molar-refractivity contribution >= 4 is 11.3 Å². The molecule has 0 saturated carbocycles. The number of hydrogen-bond acceptors (Lipinski definition) is 4. The minimum atomic E-state index is -0.478. The van der Waals surface area contributed by atoms with Gasteiger partial charge in [-0.2, -0.15) is 0 Å². The summed E-state index contributed by atoms with van der Waals surface area (Å²) in [6.07, 6.45) is 7.78. The second-order valence-corrected chi connectivity index (χ2v) is 5.67. The Kier molecular flexibility index (Phi) is 3.46. The molecule has 24 heavy (non-hydrogen) atoms. The first-order valence-electron chi connectivity index (χ1n) is 7.46. The molecule has 0 radical (unpaired) electrons. The van der Waals surface area contributed by atoms with Crippen LogP contribution in [0.4, 0.5) is 8.78 Å². The molecule has 3 heterocycles. The van der Waals surface area contributed by atoms with Crippen LogP contribution in [0, 0.1) is 11.6 Å². The van der Waals surface area contributed by atoms with Crippen molar-refractivity contribution < 1.29 is 8.78 Å². The Labute approximate surface area is 135 Å². The smallest absolute Gasteiger partial charge is 0.204 e. The van der Waals surface area contributed by atoms with Crippen LogP contribution in [0.3, 0.4) is 0 Å². The normalized spacial score (nSPS) is 13.0. The van der Waals surface area contributed by atoms with E-state index in [-0.39, 0.29) is 12.0 Å². The Balaban J connectivity index is 1.60. The molecule has 2 N–H and O–H groups in total. The molecular weight excluding hydrogens is 314 g/mol. The number of imidazole rings is 1. The van der Waals surface area contributed by atoms with Crippen LogP contribution in [0.15, 0.2) is 43.0 Å². The second kappa shape index (κ2) is 5.64. The summed E-state index contributed by atoms with van der Waals surface area (Å²) in [4.78, 5) is 4.25. The van der Waals surface area contributed by atoms with Crippen molar-refractivity contribution in [3.8, 4) is 0 Å². The van der Waals surface area contributed by atoms with E-state index in [9.17, 15) is 8.78 Å². The maximum atomic E-state index is 13.7. The average molecular weight is 328 g/mol. The fourth-order valence-corrected chi connectivity index (χ4v) is 2.81. The quantitative estimate of drug-likeness (QED) is 0.620. The molecular formula is C16H14F2N6. The summed E-state index contributed by atoms with van der Waals surface area (Å²) in [7, 11) is 0. The first-order chi connectivity index (χ1) is 11.6. The van der Waals surface area contributed by atoms with Crippen LogP contribution in [-0.2, 0) is 12.8 Å². The molecule has 0 spiro atoms. The minimum Gasteiger partial charge on any atom is -0.327 e. The predicted molar refractivity (Wildman–Crippen MR) is 83.5 cm³/mol. The molecule has 0 aliphatic rings. The van der Waals surface area contributed by atoms with Crippen LogP contribution in [0.25, 0.3) is 11.3 Å². The highest BCUT2D eigenvalue weighted by atomic mass is 19.1. The highest BCUT2D eigenvalue weighted by molar-refractivity contribution is 5.65. The first-order valence-corrected chi connectivity index (χ1v) is 7.46. The van der Waals surface area contributed by atoms with Gasteiger partial charge in [-0.25, -0.2) is 13.8 Å². The SMILES string of the molecule is N[C@H](Cc1cc(F)ccc1F)Cc1nnc2c3nccn3ccn12. The van der Waals surface area contributed by atoms with Gasteiger partial charge in [0.2, 0.25) is 5.65 Å². The lowest BCUT2D eigenvalue weighted by molar-refractivity contribution is 0.561. The van der Waals surface area contributed by atoms with Gasteiger partial charge >= 0.3 is 0 Å². The highest BCUT2D eigenvalue weighted by Crippen LogP contribution is 2.15. The molecule has 4 rings (SSSR count). The molecule has 4 aromatic rings. The Morgan fingerprint density at radius 3 is 2.79 bits per heavy atom. The molecule has 8 heteroatoms. The summed E-state index contributed by atoms with van der Waals surface area (Å²) >= 11 is 0. The molecule has 0 aliphatic heterocycles. The van der Waals surface area contributed by atoms with E-state index in [1.54, 1.807) is 6.20 Å². The van der Waals surface area contributed by atoms with Gasteiger partial charge in [0.15, 0.2) is 5.65 Å². The Morgan fingerprint density at radius 1 is 1.04 bits per heavy atom. The molecule has 1 aromatic carbocycles. The summed E-state index contributed by atoms with van der Waals surface area (Å²) in [5.74, 6) is -0.287. The number of benzene rings is 1. The molecule has 0 fully saturated rings. The minimum absolute atomic E-state index is 0.212. The van der Waals surface area contributed by atoms with Gasteiger partial charge in [0.25, 0.3) is 0 Å². The molecule has 0 unspecified atom stereocenters. The third-order valence-corrected chi connectivity index (χ3v) is 3.95. The summed E-state index contributed by atoms with van der Waals surface area (Å²) in [6.45, 7) is 0. The molecule has 6 nitrogen and oxygen atoms in total. The molecule has 3 aromatic heterocycles. The van der Waals surface area contributed by atoms with Crippen molar-refractivity contribution in [1.29, 1.82) is 0 Å². The fourth-order valence-electron chi connectivity index (χ4n) is 2.81. The van der Waals surface area contributed by atoms with Gasteiger partial charge in [-0.15, -0.1) is 10.2 Å². The van der Waals surface area contributed by atoms with Crippen LogP contribution in [0.2, 0.25) is 0 Å². The maximum Gasteiger partial charge on any atom is 0.204 e. The van der Waals surface area contributed by atoms with Crippen LogP contribution >= 0.6 is 0 Å². The van der Waals surface area contributed by atoms with Crippen LogP contribution in [-0.4, -0.2) is 30.0 Å². The van der Waals surface area contributed by atoms with Gasteiger partial charge in [0.1, 0.15) is 17.5 Å². The number of aromatic nitrogens is 5. The van der Waals surface area contributed by atoms with E-state index in [0.29, 0.717) is 23.5 Å². The van der Waals surface area contributed by atoms with Gasteiger partial charge in [0, 0.05) is 37.3 Å². The Hall–Kier alpha value is -2.87. The lowest BCUT2D eigenvalue weighted by Gasteiger charge is -2.11. The van der Waals surface area contributed by atoms with Crippen LogP contribution in [0.5, 0.6) is 0 Å². The van der Waals surface area contributed by atoms with E-state index in [1.807, 2.05) is 27.4 Å². The summed E-state index contributed by atoms with van der Waals surface area (Å²) in [5, 5.41) is 8.31. The number of fused-ring (bicyclic) bond motifs is 3. The van der Waals surface area contributed by atoms with Crippen LogP contribution < -0.4 is 5.73 Å². The van der Waals surface area contributed by atoms with E-state index >= 15 is 0 Å². The van der Waals surface area contributed by atoms with Gasteiger partial charge < -0.3 is 10.1 Å². The molecule has 0 aliphatic carbocycles. The molecule has 0 bridgehead atoms. The topological polar surface area (TPSA) is 73.5 Å². The molecule has 122 valence electrons. The number of hydrogen-bond donors (Lipinski definition) is 1. The number of halogens is 2. The van der Waals surface area contributed by atoms with E-state index in [4.69, 9.17) is 5.73 Å². The van der Waals surface area contributed by atoms with Crippen molar-refractivity contribution in [2.24, 2.45) is 5.73 Å². The maximum absolute atomic E-state index is 13.7. The van der Waals surface area contributed by atoms with Gasteiger partial charge in [0.05, 0.1) is 0 Å². The van der Waals surface area contributed by atoms with Gasteiger partial charge in [-0.3, -0.25) is 4.40 Å². The zero-order chi connectivity index (χ0) is 16.7. The van der Waals surface area contributed by atoms with Crippen LogP contribution in [0.1, 0.15) is 11.4 Å². The zero-order valence-corrected chi connectivity index (χ0v) is 12.6. The van der Waals surface area contributed by atoms with Gasteiger partial charge in [-0.05, 0) is 30.2 Å². The third kappa shape index (κ3) is 2.50. The fraction of sp³-hybridized carbons (Fsp3) is 0.188. The van der Waals surface area contributed by atoms with E-state index < -0.39 is 17.7 Å². The summed E-state index contributed by atoms with van der Waals surface area (Å²) < 4.78 is 30.6. The lowest BCUT2D eigenvalue weighted by Crippen LogP contribution is -2.27. The average Bonchev–Trinajstić information content (AvgIpc) is 3.17. The number of nitrogens with two attached hydrogens (primary N) is 1. The van der Waals surface area contributed by atoms with E-state index in [1.165, 1.54) is 6.07 Å². The summed E-state index contributed by atoms with van der Waals surface area (Å²) in [6, 6.07) is 2.96. The van der Waals surface area contributed by atoms with Crippen molar-refractivity contribution in [3.05, 3.63) is 66.0 Å². The van der Waals surface area contributed by atoms with Crippen molar-refractivity contribution in [3.63, 3.8) is 0 Å². The molecule has 0 saturated heterocycles. The largest absolute Gasteiger partial charge is 0.327 e. The Bertz CT molecular complexity index is 1020. The Morgan fingerprint density at radius 2 is 1.92 bits per heavy atom.